The van der Waals surface area contributed by atoms with E-state index < -0.39 is 0 Å². The highest BCUT2D eigenvalue weighted by molar-refractivity contribution is 7.10. The summed E-state index contributed by atoms with van der Waals surface area (Å²) in [6.45, 7) is 2.29. The van der Waals surface area contributed by atoms with Gasteiger partial charge < -0.3 is 0 Å². The Bertz CT molecular complexity index is 200. The summed E-state index contributed by atoms with van der Waals surface area (Å²) < 4.78 is 0. The maximum Gasteiger partial charge on any atom is 0.0109 e. The zero-order valence-corrected chi connectivity index (χ0v) is 5.66. The van der Waals surface area contributed by atoms with Gasteiger partial charge in [-0.1, -0.05) is 6.92 Å². The highest BCUT2D eigenvalue weighted by Crippen LogP contribution is 2.38. The first-order valence-electron chi connectivity index (χ1n) is 2.94. The lowest BCUT2D eigenvalue weighted by Gasteiger charge is -2.20. The lowest BCUT2D eigenvalue weighted by atomic mass is 9.87. The van der Waals surface area contributed by atoms with E-state index in [4.69, 9.17) is 0 Å². The van der Waals surface area contributed by atoms with Gasteiger partial charge in [-0.25, -0.2) is 0 Å². The largest absolute Gasteiger partial charge is 0.148 e. The molecule has 1 aliphatic rings. The summed E-state index contributed by atoms with van der Waals surface area (Å²) in [5.41, 5.74) is 1.59. The Kier molecular flexibility index (Phi) is 0.770. The number of fused-ring (bicyclic) bond motifs is 1. The summed E-state index contributed by atoms with van der Waals surface area (Å²) in [6, 6.07) is 2.24. The molecule has 0 nitrogen and oxygen atoms in total. The fourth-order valence-corrected chi connectivity index (χ4v) is 2.24. The van der Waals surface area contributed by atoms with Crippen molar-refractivity contribution < 1.29 is 0 Å². The molecule has 0 fully saturated rings. The van der Waals surface area contributed by atoms with Crippen molar-refractivity contribution in [1.29, 1.82) is 0 Å². The minimum Gasteiger partial charge on any atom is -0.148 e. The van der Waals surface area contributed by atoms with E-state index >= 15 is 0 Å². The van der Waals surface area contributed by atoms with Gasteiger partial charge >= 0.3 is 0 Å². The van der Waals surface area contributed by atoms with Crippen molar-refractivity contribution >= 4 is 11.3 Å². The van der Waals surface area contributed by atoms with E-state index in [0.29, 0.717) is 0 Å². The Balaban J connectivity index is 2.53. The van der Waals surface area contributed by atoms with E-state index in [0.717, 1.165) is 5.92 Å². The Labute approximate surface area is 53.2 Å². The van der Waals surface area contributed by atoms with Crippen LogP contribution in [0.2, 0.25) is 0 Å². The van der Waals surface area contributed by atoms with E-state index in [9.17, 15) is 0 Å². The second-order valence-corrected chi connectivity index (χ2v) is 3.36. The van der Waals surface area contributed by atoms with Crippen LogP contribution in [0, 0.1) is 0 Å². The Morgan fingerprint density at radius 1 is 1.75 bits per heavy atom. The molecule has 1 aliphatic carbocycles. The Morgan fingerprint density at radius 2 is 2.62 bits per heavy atom. The van der Waals surface area contributed by atoms with Crippen LogP contribution in [0.4, 0.5) is 0 Å². The van der Waals surface area contributed by atoms with E-state index in [1.165, 1.54) is 6.42 Å². The monoisotopic (exact) mass is 124 g/mol. The van der Waals surface area contributed by atoms with Crippen molar-refractivity contribution in [3.8, 4) is 0 Å². The zero-order chi connectivity index (χ0) is 5.56. The van der Waals surface area contributed by atoms with Gasteiger partial charge in [-0.15, -0.1) is 11.3 Å². The van der Waals surface area contributed by atoms with Gasteiger partial charge in [-0.05, 0) is 29.3 Å². The number of rotatable bonds is 0. The third kappa shape index (κ3) is 0.402. The summed E-state index contributed by atoms with van der Waals surface area (Å²) >= 11 is 1.90. The molecule has 8 heavy (non-hydrogen) atoms. The molecule has 0 amide bonds. The molecule has 1 unspecified atom stereocenters. The van der Waals surface area contributed by atoms with Crippen LogP contribution in [0.25, 0.3) is 0 Å². The molecule has 0 radical (unpaired) electrons. The van der Waals surface area contributed by atoms with Gasteiger partial charge in [0.1, 0.15) is 0 Å². The Hall–Kier alpha value is -0.300. The molecule has 1 atom stereocenters. The molecule has 1 heterocycles. The average molecular weight is 124 g/mol. The maximum absolute atomic E-state index is 2.29. The van der Waals surface area contributed by atoms with Gasteiger partial charge in [-0.2, -0.15) is 0 Å². The van der Waals surface area contributed by atoms with Crippen molar-refractivity contribution in [2.24, 2.45) is 0 Å². The van der Waals surface area contributed by atoms with Crippen molar-refractivity contribution in [2.75, 3.05) is 0 Å². The summed E-state index contributed by atoms with van der Waals surface area (Å²) in [5.74, 6) is 0.866. The molecule has 0 aliphatic heterocycles. The Morgan fingerprint density at radius 3 is 3.12 bits per heavy atom. The number of hydrogen-bond acceptors (Lipinski definition) is 1. The third-order valence-electron chi connectivity index (χ3n) is 1.75. The van der Waals surface area contributed by atoms with E-state index in [1.54, 1.807) is 10.4 Å². The standard InChI is InChI=1S/C7H8S/c1-5-4-6-2-3-8-7(5)6/h2-3,5H,4H2,1H3. The average Bonchev–Trinajstić information content (AvgIpc) is 2.09. The highest BCUT2D eigenvalue weighted by Gasteiger charge is 2.22. The van der Waals surface area contributed by atoms with Crippen molar-refractivity contribution in [1.82, 2.24) is 0 Å². The van der Waals surface area contributed by atoms with Crippen LogP contribution in [-0.4, -0.2) is 0 Å². The van der Waals surface area contributed by atoms with Gasteiger partial charge in [0.2, 0.25) is 0 Å². The molecule has 0 aromatic carbocycles. The van der Waals surface area contributed by atoms with Crippen LogP contribution in [0.1, 0.15) is 23.3 Å². The molecule has 42 valence electrons. The van der Waals surface area contributed by atoms with Gasteiger partial charge in [0.05, 0.1) is 0 Å². The minimum atomic E-state index is 0.866. The van der Waals surface area contributed by atoms with Gasteiger partial charge in [0.25, 0.3) is 0 Å². The van der Waals surface area contributed by atoms with Crippen molar-refractivity contribution in [2.45, 2.75) is 19.3 Å². The van der Waals surface area contributed by atoms with Crippen LogP contribution in [0.3, 0.4) is 0 Å². The fraction of sp³-hybridized carbons (Fsp3) is 0.429. The second-order valence-electron chi connectivity index (χ2n) is 2.42. The molecule has 0 saturated heterocycles. The molecule has 2 rings (SSSR count). The van der Waals surface area contributed by atoms with Gasteiger partial charge in [0.15, 0.2) is 0 Å². The van der Waals surface area contributed by atoms with E-state index in [-0.39, 0.29) is 0 Å². The van der Waals surface area contributed by atoms with Gasteiger partial charge in [0, 0.05) is 4.88 Å². The first kappa shape index (κ1) is 4.57. The van der Waals surface area contributed by atoms with E-state index in [2.05, 4.69) is 18.4 Å². The zero-order valence-electron chi connectivity index (χ0n) is 4.85. The predicted octanol–water partition coefficient (Wildman–Crippen LogP) is 2.41. The third-order valence-corrected chi connectivity index (χ3v) is 2.95. The smallest absolute Gasteiger partial charge is 0.0109 e. The summed E-state index contributed by atoms with van der Waals surface area (Å²) in [4.78, 5) is 1.62. The lowest BCUT2D eigenvalue weighted by Crippen LogP contribution is -2.08. The van der Waals surface area contributed by atoms with E-state index in [1.807, 2.05) is 11.3 Å². The predicted molar refractivity (Wildman–Crippen MR) is 36.4 cm³/mol. The first-order chi connectivity index (χ1) is 3.88. The lowest BCUT2D eigenvalue weighted by molar-refractivity contribution is 0.690. The van der Waals surface area contributed by atoms with Crippen LogP contribution in [-0.2, 0) is 6.42 Å². The highest BCUT2D eigenvalue weighted by atomic mass is 32.1. The van der Waals surface area contributed by atoms with Crippen LogP contribution < -0.4 is 0 Å². The first-order valence-corrected chi connectivity index (χ1v) is 3.82. The molecule has 0 spiro atoms. The summed E-state index contributed by atoms with van der Waals surface area (Å²) in [5, 5.41) is 2.19. The molecular formula is C7H8S. The maximum atomic E-state index is 2.29. The normalized spacial score (nSPS) is 24.4. The van der Waals surface area contributed by atoms with Crippen molar-refractivity contribution in [3.05, 3.63) is 21.9 Å². The minimum absolute atomic E-state index is 0.866. The van der Waals surface area contributed by atoms with Crippen molar-refractivity contribution in [3.63, 3.8) is 0 Å². The molecule has 1 aromatic rings. The van der Waals surface area contributed by atoms with Crippen LogP contribution >= 0.6 is 11.3 Å². The van der Waals surface area contributed by atoms with Gasteiger partial charge in [-0.3, -0.25) is 0 Å². The van der Waals surface area contributed by atoms with Crippen LogP contribution in [0.15, 0.2) is 11.4 Å². The molecule has 0 saturated carbocycles. The van der Waals surface area contributed by atoms with Crippen LogP contribution in [0.5, 0.6) is 0 Å². The number of thiophene rings is 1. The molecule has 1 heteroatoms. The molecule has 0 bridgehead atoms. The fourth-order valence-electron chi connectivity index (χ4n) is 1.24. The topological polar surface area (TPSA) is 0 Å². The SMILES string of the molecule is CC1Cc2ccsc21. The molecular weight excluding hydrogens is 116 g/mol. The summed E-state index contributed by atoms with van der Waals surface area (Å²) in [6.07, 6.45) is 1.32. The molecule has 0 N–H and O–H groups in total. The molecule has 1 aromatic heterocycles. The summed E-state index contributed by atoms with van der Waals surface area (Å²) in [7, 11) is 0. The number of hydrogen-bond donors (Lipinski definition) is 0. The quantitative estimate of drug-likeness (QED) is 0.498. The second kappa shape index (κ2) is 1.35.